The second kappa shape index (κ2) is 8.82. The molecule has 1 atom stereocenters. The molecular weight excluding hydrogens is 276 g/mol. The molecule has 0 amide bonds. The maximum atomic E-state index is 3.59. The lowest BCUT2D eigenvalue weighted by Crippen LogP contribution is -2.41. The van der Waals surface area contributed by atoms with Crippen LogP contribution in [-0.2, 0) is 0 Å². The van der Waals surface area contributed by atoms with Crippen LogP contribution in [0.3, 0.4) is 0 Å². The molecule has 1 aromatic rings. The zero-order valence-electron chi connectivity index (χ0n) is 13.8. The standard InChI is InChI=1S/C18H30N2S/c1-15(2)19-13-17-5-4-10-20(14-17)11-12-21-18-8-6-16(3)7-9-18/h6-9,15,17,19H,4-5,10-14H2,1-3H3. The molecule has 1 aromatic carbocycles. The van der Waals surface area contributed by atoms with Crippen molar-refractivity contribution in [2.75, 3.05) is 31.9 Å². The molecule has 118 valence electrons. The molecule has 0 bridgehead atoms. The fourth-order valence-electron chi connectivity index (χ4n) is 2.85. The van der Waals surface area contributed by atoms with E-state index in [2.05, 4.69) is 55.3 Å². The molecule has 1 saturated heterocycles. The third-order valence-electron chi connectivity index (χ3n) is 4.12. The number of hydrogen-bond donors (Lipinski definition) is 1. The molecular formula is C18H30N2S. The zero-order chi connectivity index (χ0) is 15.1. The van der Waals surface area contributed by atoms with Crippen LogP contribution in [0.1, 0.15) is 32.3 Å². The average molecular weight is 307 g/mol. The number of nitrogens with zero attached hydrogens (tertiary/aromatic N) is 1. The van der Waals surface area contributed by atoms with E-state index in [1.807, 2.05) is 11.8 Å². The van der Waals surface area contributed by atoms with Gasteiger partial charge in [0.25, 0.3) is 0 Å². The van der Waals surface area contributed by atoms with Gasteiger partial charge in [-0.3, -0.25) is 0 Å². The summed E-state index contributed by atoms with van der Waals surface area (Å²) in [7, 11) is 0. The van der Waals surface area contributed by atoms with Gasteiger partial charge in [0, 0.05) is 29.8 Å². The van der Waals surface area contributed by atoms with Gasteiger partial charge in [-0.2, -0.15) is 0 Å². The molecule has 1 aliphatic rings. The van der Waals surface area contributed by atoms with Gasteiger partial charge in [0.1, 0.15) is 0 Å². The first-order valence-electron chi connectivity index (χ1n) is 8.28. The van der Waals surface area contributed by atoms with Crippen molar-refractivity contribution in [2.24, 2.45) is 5.92 Å². The van der Waals surface area contributed by atoms with Crippen LogP contribution in [0.4, 0.5) is 0 Å². The quantitative estimate of drug-likeness (QED) is 0.772. The van der Waals surface area contributed by atoms with Crippen molar-refractivity contribution in [3.63, 3.8) is 0 Å². The van der Waals surface area contributed by atoms with Gasteiger partial charge in [-0.25, -0.2) is 0 Å². The van der Waals surface area contributed by atoms with Crippen molar-refractivity contribution < 1.29 is 0 Å². The van der Waals surface area contributed by atoms with Gasteiger partial charge >= 0.3 is 0 Å². The Bertz CT molecular complexity index is 402. The lowest BCUT2D eigenvalue weighted by Gasteiger charge is -2.33. The second-order valence-electron chi connectivity index (χ2n) is 6.53. The molecule has 3 heteroatoms. The second-order valence-corrected chi connectivity index (χ2v) is 7.70. The Hall–Kier alpha value is -0.510. The van der Waals surface area contributed by atoms with Crippen LogP contribution in [0, 0.1) is 12.8 Å². The highest BCUT2D eigenvalue weighted by molar-refractivity contribution is 7.99. The van der Waals surface area contributed by atoms with Gasteiger partial charge in [0.15, 0.2) is 0 Å². The van der Waals surface area contributed by atoms with Crippen molar-refractivity contribution in [3.05, 3.63) is 29.8 Å². The van der Waals surface area contributed by atoms with Gasteiger partial charge in [-0.1, -0.05) is 31.5 Å². The predicted molar refractivity (Wildman–Crippen MR) is 94.2 cm³/mol. The highest BCUT2D eigenvalue weighted by Gasteiger charge is 2.19. The van der Waals surface area contributed by atoms with E-state index >= 15 is 0 Å². The Labute approximate surface area is 134 Å². The topological polar surface area (TPSA) is 15.3 Å². The minimum atomic E-state index is 0.609. The van der Waals surface area contributed by atoms with Crippen molar-refractivity contribution in [1.29, 1.82) is 0 Å². The molecule has 1 unspecified atom stereocenters. The molecule has 0 aliphatic carbocycles. The maximum Gasteiger partial charge on any atom is 0.0108 e. The zero-order valence-corrected chi connectivity index (χ0v) is 14.6. The summed E-state index contributed by atoms with van der Waals surface area (Å²) >= 11 is 1.98. The fourth-order valence-corrected chi connectivity index (χ4v) is 3.76. The molecule has 0 saturated carbocycles. The van der Waals surface area contributed by atoms with Crippen LogP contribution in [0.2, 0.25) is 0 Å². The van der Waals surface area contributed by atoms with E-state index in [4.69, 9.17) is 0 Å². The Kier molecular flexibility index (Phi) is 7.08. The maximum absolute atomic E-state index is 3.59. The largest absolute Gasteiger partial charge is 0.314 e. The van der Waals surface area contributed by atoms with E-state index in [9.17, 15) is 0 Å². The van der Waals surface area contributed by atoms with E-state index in [0.29, 0.717) is 6.04 Å². The van der Waals surface area contributed by atoms with Gasteiger partial charge in [0.2, 0.25) is 0 Å². The van der Waals surface area contributed by atoms with Gasteiger partial charge < -0.3 is 10.2 Å². The number of likely N-dealkylation sites (tertiary alicyclic amines) is 1. The summed E-state index contributed by atoms with van der Waals surface area (Å²) in [5.74, 6) is 2.04. The highest BCUT2D eigenvalue weighted by atomic mass is 32.2. The Balaban J connectivity index is 1.66. The van der Waals surface area contributed by atoms with Gasteiger partial charge in [-0.15, -0.1) is 11.8 Å². The molecule has 0 aromatic heterocycles. The van der Waals surface area contributed by atoms with Crippen molar-refractivity contribution in [2.45, 2.75) is 44.6 Å². The van der Waals surface area contributed by atoms with Crippen LogP contribution < -0.4 is 5.32 Å². The van der Waals surface area contributed by atoms with Crippen LogP contribution in [-0.4, -0.2) is 42.9 Å². The molecule has 1 fully saturated rings. The number of hydrogen-bond acceptors (Lipinski definition) is 3. The summed E-state index contributed by atoms with van der Waals surface area (Å²) < 4.78 is 0. The lowest BCUT2D eigenvalue weighted by molar-refractivity contribution is 0.180. The normalized spacial score (nSPS) is 20.1. The van der Waals surface area contributed by atoms with Gasteiger partial charge in [0.05, 0.1) is 0 Å². The van der Waals surface area contributed by atoms with Crippen LogP contribution >= 0.6 is 11.8 Å². The molecule has 1 heterocycles. The first-order valence-corrected chi connectivity index (χ1v) is 9.27. The van der Waals surface area contributed by atoms with Crippen molar-refractivity contribution in [1.82, 2.24) is 10.2 Å². The van der Waals surface area contributed by atoms with E-state index in [-0.39, 0.29) is 0 Å². The van der Waals surface area contributed by atoms with E-state index < -0.39 is 0 Å². The Morgan fingerprint density at radius 1 is 1.29 bits per heavy atom. The third kappa shape index (κ3) is 6.41. The van der Waals surface area contributed by atoms with Crippen LogP contribution in [0.5, 0.6) is 0 Å². The van der Waals surface area contributed by atoms with Crippen molar-refractivity contribution in [3.8, 4) is 0 Å². The molecule has 2 nitrogen and oxygen atoms in total. The molecule has 1 aliphatic heterocycles. The first-order chi connectivity index (χ1) is 10.1. The van der Waals surface area contributed by atoms with Crippen molar-refractivity contribution >= 4 is 11.8 Å². The summed E-state index contributed by atoms with van der Waals surface area (Å²) in [6, 6.07) is 9.50. The average Bonchev–Trinajstić information content (AvgIpc) is 2.48. The number of rotatable bonds is 7. The van der Waals surface area contributed by atoms with E-state index in [1.165, 1.54) is 55.2 Å². The highest BCUT2D eigenvalue weighted by Crippen LogP contribution is 2.20. The smallest absolute Gasteiger partial charge is 0.0108 e. The first kappa shape index (κ1) is 16.9. The number of benzene rings is 1. The molecule has 0 radical (unpaired) electrons. The van der Waals surface area contributed by atoms with Crippen LogP contribution in [0.15, 0.2) is 29.2 Å². The van der Waals surface area contributed by atoms with E-state index in [1.54, 1.807) is 0 Å². The lowest BCUT2D eigenvalue weighted by atomic mass is 9.98. The number of nitrogens with one attached hydrogen (secondary N) is 1. The third-order valence-corrected chi connectivity index (χ3v) is 5.11. The summed E-state index contributed by atoms with van der Waals surface area (Å²) in [6.45, 7) is 11.6. The molecule has 0 spiro atoms. The summed E-state index contributed by atoms with van der Waals surface area (Å²) in [5, 5.41) is 3.59. The summed E-state index contributed by atoms with van der Waals surface area (Å²) in [6.07, 6.45) is 2.75. The number of thioether (sulfide) groups is 1. The number of piperidine rings is 1. The van der Waals surface area contributed by atoms with Gasteiger partial charge in [-0.05, 0) is 50.9 Å². The predicted octanol–water partition coefficient (Wildman–Crippen LogP) is 3.80. The summed E-state index contributed by atoms with van der Waals surface area (Å²) in [4.78, 5) is 4.05. The number of aryl methyl sites for hydroxylation is 1. The fraction of sp³-hybridized carbons (Fsp3) is 0.667. The van der Waals surface area contributed by atoms with E-state index in [0.717, 1.165) is 5.92 Å². The molecule has 1 N–H and O–H groups in total. The minimum absolute atomic E-state index is 0.609. The minimum Gasteiger partial charge on any atom is -0.314 e. The molecule has 2 rings (SSSR count). The summed E-state index contributed by atoms with van der Waals surface area (Å²) in [5.41, 5.74) is 1.34. The SMILES string of the molecule is Cc1ccc(SCCN2CCCC(CNC(C)C)C2)cc1. The Morgan fingerprint density at radius 3 is 2.76 bits per heavy atom. The molecule has 21 heavy (non-hydrogen) atoms. The Morgan fingerprint density at radius 2 is 2.05 bits per heavy atom. The monoisotopic (exact) mass is 306 g/mol. The van der Waals surface area contributed by atoms with Crippen LogP contribution in [0.25, 0.3) is 0 Å².